The van der Waals surface area contributed by atoms with Crippen molar-refractivity contribution in [1.29, 1.82) is 0 Å². The second-order valence-corrected chi connectivity index (χ2v) is 9.56. The van der Waals surface area contributed by atoms with Gasteiger partial charge in [-0.15, -0.1) is 5.10 Å². The third-order valence-electron chi connectivity index (χ3n) is 7.37. The van der Waals surface area contributed by atoms with Crippen LogP contribution in [0.2, 0.25) is 0 Å². The lowest BCUT2D eigenvalue weighted by Crippen LogP contribution is -2.27. The molecule has 0 radical (unpaired) electrons. The molecule has 2 aromatic carbocycles. The molecule has 0 bridgehead atoms. The fourth-order valence-electron chi connectivity index (χ4n) is 5.68. The number of aromatic nitrogens is 5. The van der Waals surface area contributed by atoms with Crippen molar-refractivity contribution < 1.29 is 19.0 Å². The highest BCUT2D eigenvalue weighted by molar-refractivity contribution is 6.08. The van der Waals surface area contributed by atoms with E-state index in [1.54, 1.807) is 16.8 Å². The third kappa shape index (κ3) is 3.86. The Balaban J connectivity index is 1.71. The predicted octanol–water partition coefficient (Wildman–Crippen LogP) is 5.15. The Morgan fingerprint density at radius 1 is 1.14 bits per heavy atom. The van der Waals surface area contributed by atoms with E-state index < -0.39 is 5.97 Å². The fraction of sp³-hybridized carbons (Fsp3) is 0.286. The van der Waals surface area contributed by atoms with Gasteiger partial charge in [0.15, 0.2) is 0 Å². The molecule has 4 heterocycles. The topological polar surface area (TPSA) is 95.1 Å². The number of fused-ring (bicyclic) bond motifs is 3. The van der Waals surface area contributed by atoms with Gasteiger partial charge in [0.2, 0.25) is 0 Å². The summed E-state index contributed by atoms with van der Waals surface area (Å²) in [6.07, 6.45) is 2.90. The molecule has 6 rings (SSSR count). The van der Waals surface area contributed by atoms with Gasteiger partial charge in [-0.3, -0.25) is 4.98 Å². The van der Waals surface area contributed by atoms with E-state index in [1.165, 1.54) is 12.3 Å². The van der Waals surface area contributed by atoms with Crippen molar-refractivity contribution in [3.8, 4) is 11.3 Å². The van der Waals surface area contributed by atoms with Crippen LogP contribution >= 0.6 is 0 Å². The van der Waals surface area contributed by atoms with E-state index in [1.807, 2.05) is 38.2 Å². The number of ether oxygens (including phenoxy) is 1. The zero-order chi connectivity index (χ0) is 25.7. The molecule has 0 spiro atoms. The van der Waals surface area contributed by atoms with Crippen molar-refractivity contribution in [2.75, 3.05) is 13.2 Å². The van der Waals surface area contributed by atoms with Gasteiger partial charge in [0.05, 0.1) is 39.5 Å². The summed E-state index contributed by atoms with van der Waals surface area (Å²) >= 11 is 0. The van der Waals surface area contributed by atoms with Crippen LogP contribution in [0, 0.1) is 18.7 Å². The van der Waals surface area contributed by atoms with Crippen molar-refractivity contribution in [1.82, 2.24) is 24.5 Å². The summed E-state index contributed by atoms with van der Waals surface area (Å²) in [6.45, 7) is 3.10. The molecule has 0 saturated carbocycles. The second-order valence-electron chi connectivity index (χ2n) is 9.56. The first-order valence-electron chi connectivity index (χ1n) is 12.3. The second kappa shape index (κ2) is 9.08. The highest BCUT2D eigenvalue weighted by Crippen LogP contribution is 2.42. The number of benzene rings is 2. The summed E-state index contributed by atoms with van der Waals surface area (Å²) < 4.78 is 24.9. The fourth-order valence-corrected chi connectivity index (χ4v) is 5.68. The predicted molar refractivity (Wildman–Crippen MR) is 137 cm³/mol. The molecule has 188 valence electrons. The first kappa shape index (κ1) is 23.3. The van der Waals surface area contributed by atoms with E-state index in [9.17, 15) is 9.90 Å². The van der Waals surface area contributed by atoms with Gasteiger partial charge in [-0.05, 0) is 49.9 Å². The van der Waals surface area contributed by atoms with Gasteiger partial charge in [0, 0.05) is 43.0 Å². The minimum Gasteiger partial charge on any atom is -0.478 e. The monoisotopic (exact) mass is 499 g/mol. The van der Waals surface area contributed by atoms with E-state index in [-0.39, 0.29) is 23.3 Å². The lowest BCUT2D eigenvalue weighted by molar-refractivity contribution is 0.0548. The molecule has 0 aliphatic carbocycles. The molecule has 1 N–H and O–H groups in total. The number of hydrogen-bond acceptors (Lipinski definition) is 5. The lowest BCUT2D eigenvalue weighted by Gasteiger charge is -2.33. The number of aryl methyl sites for hydroxylation is 2. The van der Waals surface area contributed by atoms with Gasteiger partial charge in [-0.1, -0.05) is 29.5 Å². The number of hydrogen-bond donors (Lipinski definition) is 1. The van der Waals surface area contributed by atoms with Gasteiger partial charge in [0.25, 0.3) is 0 Å². The van der Waals surface area contributed by atoms with Crippen LogP contribution < -0.4 is 0 Å². The maximum Gasteiger partial charge on any atom is 0.337 e. The summed E-state index contributed by atoms with van der Waals surface area (Å²) in [7, 11) is 1.85. The van der Waals surface area contributed by atoms with E-state index in [0.717, 1.165) is 40.7 Å². The van der Waals surface area contributed by atoms with Crippen LogP contribution in [0.4, 0.5) is 4.39 Å². The minimum atomic E-state index is -1.06. The third-order valence-corrected chi connectivity index (χ3v) is 7.37. The summed E-state index contributed by atoms with van der Waals surface area (Å²) in [5.74, 6) is -1.27. The van der Waals surface area contributed by atoms with Crippen molar-refractivity contribution in [2.24, 2.45) is 13.0 Å². The van der Waals surface area contributed by atoms with Crippen molar-refractivity contribution in [3.05, 3.63) is 77.4 Å². The van der Waals surface area contributed by atoms with Crippen molar-refractivity contribution in [2.45, 2.75) is 25.8 Å². The van der Waals surface area contributed by atoms with Gasteiger partial charge < -0.3 is 14.4 Å². The molecule has 1 fully saturated rings. The summed E-state index contributed by atoms with van der Waals surface area (Å²) in [5, 5.41) is 19.0. The Hall–Kier alpha value is -4.11. The molecular formula is C28H26FN5O3. The van der Waals surface area contributed by atoms with Crippen LogP contribution in [0.1, 0.15) is 40.5 Å². The Morgan fingerprint density at radius 3 is 2.62 bits per heavy atom. The molecule has 1 atom stereocenters. The van der Waals surface area contributed by atoms with Crippen molar-refractivity contribution in [3.63, 3.8) is 0 Å². The summed E-state index contributed by atoms with van der Waals surface area (Å²) in [5.41, 5.74) is 5.44. The minimum absolute atomic E-state index is 0.0849. The van der Waals surface area contributed by atoms with Gasteiger partial charge >= 0.3 is 5.97 Å². The van der Waals surface area contributed by atoms with Crippen molar-refractivity contribution >= 4 is 27.9 Å². The SMILES string of the molecule is Cc1nnn(C)c1-c1ccc2c3ncc(C(=O)O)cc3n([C@H](c3ccccc3F)C3CCOCC3)c2c1. The quantitative estimate of drug-likeness (QED) is 0.360. The van der Waals surface area contributed by atoms with E-state index in [4.69, 9.17) is 4.74 Å². The molecule has 3 aromatic heterocycles. The number of halogens is 1. The molecule has 1 saturated heterocycles. The van der Waals surface area contributed by atoms with Crippen LogP contribution in [0.25, 0.3) is 33.2 Å². The largest absolute Gasteiger partial charge is 0.478 e. The Morgan fingerprint density at radius 2 is 1.92 bits per heavy atom. The Labute approximate surface area is 212 Å². The van der Waals surface area contributed by atoms with Crippen LogP contribution in [-0.4, -0.2) is 48.8 Å². The molecule has 5 aromatic rings. The number of rotatable bonds is 5. The van der Waals surface area contributed by atoms with Gasteiger partial charge in [-0.25, -0.2) is 13.9 Å². The standard InChI is InChI=1S/C28H26FN5O3/c1-16-26(33(2)32-31-16)18-7-8-21-23(13-18)34(24-14-19(28(35)36)15-30-25(21)24)27(17-9-11-37-12-10-17)20-5-3-4-6-22(20)29/h3-8,13-15,17,27H,9-12H2,1-2H3,(H,35,36)/t27-/m0/s1. The molecule has 0 unspecified atom stereocenters. The highest BCUT2D eigenvalue weighted by Gasteiger charge is 2.32. The van der Waals surface area contributed by atoms with E-state index in [0.29, 0.717) is 29.8 Å². The summed E-state index contributed by atoms with van der Waals surface area (Å²) in [6, 6.07) is 14.1. The number of pyridine rings is 1. The number of aromatic carboxylic acids is 1. The average Bonchev–Trinajstić information content (AvgIpc) is 3.41. The average molecular weight is 500 g/mol. The van der Waals surface area contributed by atoms with Crippen LogP contribution in [0.15, 0.2) is 54.7 Å². The Kier molecular flexibility index (Phi) is 5.72. The number of carboxylic acid groups (broad SMARTS) is 1. The normalized spacial score (nSPS) is 15.4. The lowest BCUT2D eigenvalue weighted by atomic mass is 9.86. The van der Waals surface area contributed by atoms with E-state index >= 15 is 4.39 Å². The molecule has 1 aliphatic rings. The zero-order valence-corrected chi connectivity index (χ0v) is 20.6. The highest BCUT2D eigenvalue weighted by atomic mass is 19.1. The molecule has 8 nitrogen and oxygen atoms in total. The van der Waals surface area contributed by atoms with Gasteiger partial charge in [-0.2, -0.15) is 0 Å². The first-order chi connectivity index (χ1) is 17.9. The molecule has 1 aliphatic heterocycles. The van der Waals surface area contributed by atoms with Gasteiger partial charge in [0.1, 0.15) is 5.82 Å². The maximum absolute atomic E-state index is 15.4. The Bertz CT molecular complexity index is 1630. The van der Waals surface area contributed by atoms with Crippen LogP contribution in [0.5, 0.6) is 0 Å². The maximum atomic E-state index is 15.4. The molecule has 9 heteroatoms. The van der Waals surface area contributed by atoms with E-state index in [2.05, 4.69) is 25.9 Å². The van der Waals surface area contributed by atoms with Crippen LogP contribution in [-0.2, 0) is 11.8 Å². The molecule has 37 heavy (non-hydrogen) atoms. The number of carboxylic acids is 1. The summed E-state index contributed by atoms with van der Waals surface area (Å²) in [4.78, 5) is 16.5. The number of nitrogens with zero attached hydrogens (tertiary/aromatic N) is 5. The smallest absolute Gasteiger partial charge is 0.337 e. The molecular weight excluding hydrogens is 473 g/mol. The molecule has 0 amide bonds. The zero-order valence-electron chi connectivity index (χ0n) is 20.6. The first-order valence-corrected chi connectivity index (χ1v) is 12.3. The van der Waals surface area contributed by atoms with Crippen LogP contribution in [0.3, 0.4) is 0 Å². The number of carbonyl (C=O) groups is 1.